The zero-order valence-electron chi connectivity index (χ0n) is 10.0. The Morgan fingerprint density at radius 3 is 2.68 bits per heavy atom. The number of benzene rings is 1. The summed E-state index contributed by atoms with van der Waals surface area (Å²) in [5.41, 5.74) is 0.463. The zero-order valence-corrected chi connectivity index (χ0v) is 11.5. The molecule has 0 N–H and O–H groups in total. The fourth-order valence-electron chi connectivity index (χ4n) is 1.79. The van der Waals surface area contributed by atoms with Gasteiger partial charge in [0.15, 0.2) is 5.82 Å². The Morgan fingerprint density at radius 1 is 1.37 bits per heavy atom. The first-order valence-electron chi connectivity index (χ1n) is 5.50. The van der Waals surface area contributed by atoms with Gasteiger partial charge in [-0.05, 0) is 13.0 Å². The lowest BCUT2D eigenvalue weighted by Gasteiger charge is -2.06. The highest BCUT2D eigenvalue weighted by atomic mass is 35.5. The van der Waals surface area contributed by atoms with Crippen LogP contribution in [0.1, 0.15) is 12.7 Å². The van der Waals surface area contributed by atoms with Crippen LogP contribution < -0.4 is 0 Å². The van der Waals surface area contributed by atoms with Crippen LogP contribution in [0, 0.1) is 10.1 Å². The lowest BCUT2D eigenvalue weighted by atomic mass is 10.2. The molecule has 6 nitrogen and oxygen atoms in total. The first-order valence-corrected chi connectivity index (χ1v) is 6.41. The van der Waals surface area contributed by atoms with E-state index in [2.05, 4.69) is 10.2 Å². The molecule has 0 aliphatic carbocycles. The third-order valence-corrected chi connectivity index (χ3v) is 3.07. The normalized spacial score (nSPS) is 10.7. The van der Waals surface area contributed by atoms with Crippen LogP contribution in [0.15, 0.2) is 18.2 Å². The van der Waals surface area contributed by atoms with Gasteiger partial charge >= 0.3 is 0 Å². The molecule has 0 fully saturated rings. The van der Waals surface area contributed by atoms with Crippen LogP contribution in [0.2, 0.25) is 5.02 Å². The minimum absolute atomic E-state index is 0.0828. The van der Waals surface area contributed by atoms with Crippen LogP contribution in [-0.4, -0.2) is 19.7 Å². The number of hydrogen-bond donors (Lipinski definition) is 0. The number of nitro benzene ring substituents is 1. The molecule has 0 saturated heterocycles. The Hall–Kier alpha value is -1.66. The first kappa shape index (κ1) is 13.8. The molecule has 1 heterocycles. The van der Waals surface area contributed by atoms with E-state index in [1.165, 1.54) is 12.1 Å². The van der Waals surface area contributed by atoms with Gasteiger partial charge in [-0.2, -0.15) is 0 Å². The van der Waals surface area contributed by atoms with Gasteiger partial charge in [0.05, 0.1) is 10.8 Å². The van der Waals surface area contributed by atoms with Crippen molar-refractivity contribution in [1.82, 2.24) is 14.8 Å². The quantitative estimate of drug-likeness (QED) is 0.493. The third kappa shape index (κ3) is 2.69. The molecule has 0 unspecified atom stereocenters. The highest BCUT2D eigenvalue weighted by Crippen LogP contribution is 2.28. The number of alkyl halides is 1. The second-order valence-corrected chi connectivity index (χ2v) is 4.48. The van der Waals surface area contributed by atoms with Crippen molar-refractivity contribution >= 4 is 28.9 Å². The summed E-state index contributed by atoms with van der Waals surface area (Å²) in [5.74, 6) is 1.36. The summed E-state index contributed by atoms with van der Waals surface area (Å²) >= 11 is 11.7. The van der Waals surface area contributed by atoms with E-state index in [1.807, 2.05) is 6.92 Å². The number of rotatable bonds is 4. The van der Waals surface area contributed by atoms with E-state index in [4.69, 9.17) is 23.2 Å². The molecule has 0 saturated carbocycles. The van der Waals surface area contributed by atoms with Crippen molar-refractivity contribution in [2.45, 2.75) is 19.3 Å². The Bertz CT molecular complexity index is 627. The van der Waals surface area contributed by atoms with Crippen LogP contribution in [0.4, 0.5) is 5.69 Å². The second kappa shape index (κ2) is 5.54. The number of aromatic nitrogens is 3. The molecule has 19 heavy (non-hydrogen) atoms. The highest BCUT2D eigenvalue weighted by Gasteiger charge is 2.16. The van der Waals surface area contributed by atoms with Gasteiger partial charge in [-0.1, -0.05) is 11.6 Å². The second-order valence-electron chi connectivity index (χ2n) is 3.77. The van der Waals surface area contributed by atoms with Crippen LogP contribution in [-0.2, 0) is 12.4 Å². The predicted octanol–water partition coefficient (Wildman–Crippen LogP) is 3.27. The Labute approximate surface area is 119 Å². The average Bonchev–Trinajstić information content (AvgIpc) is 2.80. The average molecular weight is 301 g/mol. The van der Waals surface area contributed by atoms with E-state index >= 15 is 0 Å². The van der Waals surface area contributed by atoms with Gasteiger partial charge in [0, 0.05) is 29.3 Å². The maximum Gasteiger partial charge on any atom is 0.271 e. The van der Waals surface area contributed by atoms with Crippen molar-refractivity contribution in [3.63, 3.8) is 0 Å². The van der Waals surface area contributed by atoms with E-state index in [9.17, 15) is 10.1 Å². The largest absolute Gasteiger partial charge is 0.310 e. The van der Waals surface area contributed by atoms with E-state index in [-0.39, 0.29) is 16.6 Å². The lowest BCUT2D eigenvalue weighted by molar-refractivity contribution is -0.384. The Kier molecular flexibility index (Phi) is 4.01. The number of hydrogen-bond acceptors (Lipinski definition) is 4. The molecule has 0 bridgehead atoms. The standard InChI is InChI=1S/C11H10Cl2N4O2/c1-2-16-10(6-12)14-15-11(16)7-3-8(13)5-9(4-7)17(18)19/h3-5H,2,6H2,1H3. The number of non-ortho nitro benzene ring substituents is 1. The van der Waals surface area contributed by atoms with E-state index in [0.717, 1.165) is 0 Å². The molecule has 0 aliphatic heterocycles. The van der Waals surface area contributed by atoms with Crippen LogP contribution in [0.25, 0.3) is 11.4 Å². The van der Waals surface area contributed by atoms with E-state index in [1.54, 1.807) is 10.6 Å². The van der Waals surface area contributed by atoms with Crippen LogP contribution in [0.3, 0.4) is 0 Å². The van der Waals surface area contributed by atoms with Crippen molar-refractivity contribution < 1.29 is 4.92 Å². The number of nitro groups is 1. The minimum atomic E-state index is -0.496. The third-order valence-electron chi connectivity index (χ3n) is 2.61. The maximum absolute atomic E-state index is 10.8. The Balaban J connectivity index is 2.58. The smallest absolute Gasteiger partial charge is 0.271 e. The minimum Gasteiger partial charge on any atom is -0.310 e. The summed E-state index contributed by atoms with van der Waals surface area (Å²) in [7, 11) is 0. The van der Waals surface area contributed by atoms with E-state index < -0.39 is 4.92 Å². The van der Waals surface area contributed by atoms with Gasteiger partial charge < -0.3 is 4.57 Å². The van der Waals surface area contributed by atoms with Crippen molar-refractivity contribution in [1.29, 1.82) is 0 Å². The van der Waals surface area contributed by atoms with E-state index in [0.29, 0.717) is 23.8 Å². The molecule has 2 rings (SSSR count). The zero-order chi connectivity index (χ0) is 14.0. The molecule has 2 aromatic rings. The summed E-state index contributed by atoms with van der Waals surface area (Å²) in [6.45, 7) is 2.53. The van der Waals surface area contributed by atoms with Gasteiger partial charge in [-0.25, -0.2) is 0 Å². The van der Waals surface area contributed by atoms with Crippen LogP contribution >= 0.6 is 23.2 Å². The van der Waals surface area contributed by atoms with Gasteiger partial charge in [0.2, 0.25) is 0 Å². The first-order chi connectivity index (χ1) is 9.06. The van der Waals surface area contributed by atoms with Crippen molar-refractivity contribution in [2.24, 2.45) is 0 Å². The van der Waals surface area contributed by atoms with Gasteiger partial charge in [-0.15, -0.1) is 21.8 Å². The summed E-state index contributed by atoms with van der Waals surface area (Å²) in [5, 5.41) is 19.1. The predicted molar refractivity (Wildman–Crippen MR) is 72.4 cm³/mol. The van der Waals surface area contributed by atoms with Gasteiger partial charge in [-0.3, -0.25) is 10.1 Å². The molecule has 8 heteroatoms. The molecular weight excluding hydrogens is 291 g/mol. The summed E-state index contributed by atoms with van der Waals surface area (Å²) in [6, 6.07) is 4.32. The maximum atomic E-state index is 10.8. The number of halogens is 2. The molecule has 0 amide bonds. The topological polar surface area (TPSA) is 73.8 Å². The van der Waals surface area contributed by atoms with Gasteiger partial charge in [0.1, 0.15) is 5.82 Å². The monoisotopic (exact) mass is 300 g/mol. The number of nitrogens with zero attached hydrogens (tertiary/aromatic N) is 4. The molecule has 0 atom stereocenters. The van der Waals surface area contributed by atoms with Crippen molar-refractivity contribution in [3.05, 3.63) is 39.2 Å². The molecule has 0 aliphatic rings. The van der Waals surface area contributed by atoms with Gasteiger partial charge in [0.25, 0.3) is 5.69 Å². The summed E-state index contributed by atoms with van der Waals surface area (Å²) in [6.07, 6.45) is 0. The van der Waals surface area contributed by atoms with Crippen molar-refractivity contribution in [2.75, 3.05) is 0 Å². The molecule has 100 valence electrons. The summed E-state index contributed by atoms with van der Waals surface area (Å²) < 4.78 is 1.79. The molecule has 1 aromatic heterocycles. The van der Waals surface area contributed by atoms with Crippen LogP contribution in [0.5, 0.6) is 0 Å². The Morgan fingerprint density at radius 2 is 2.11 bits per heavy atom. The summed E-state index contributed by atoms with van der Waals surface area (Å²) in [4.78, 5) is 10.3. The molecular formula is C11H10Cl2N4O2. The van der Waals surface area contributed by atoms with Crippen molar-refractivity contribution in [3.8, 4) is 11.4 Å². The lowest BCUT2D eigenvalue weighted by Crippen LogP contribution is -2.02. The molecule has 1 aromatic carbocycles. The molecule has 0 radical (unpaired) electrons. The fraction of sp³-hybridized carbons (Fsp3) is 0.273. The fourth-order valence-corrected chi connectivity index (χ4v) is 2.22. The SMILES string of the molecule is CCn1c(CCl)nnc1-c1cc(Cl)cc([N+](=O)[O-])c1. The highest BCUT2D eigenvalue weighted by molar-refractivity contribution is 6.31. The molecule has 0 spiro atoms.